The maximum Gasteiger partial charge on any atom is 0.246 e. The molecule has 254 valence electrons. The number of amides is 4. The molecule has 46 heavy (non-hydrogen) atoms. The summed E-state index contributed by atoms with van der Waals surface area (Å²) in [6.07, 6.45) is 4.97. The molecule has 0 bridgehead atoms. The van der Waals surface area contributed by atoms with Gasteiger partial charge in [-0.05, 0) is 57.1 Å². The van der Waals surface area contributed by atoms with E-state index in [2.05, 4.69) is 15.6 Å². The summed E-state index contributed by atoms with van der Waals surface area (Å²) >= 11 is 1.58. The fourth-order valence-electron chi connectivity index (χ4n) is 5.66. The number of rotatable bonds is 15. The van der Waals surface area contributed by atoms with Crippen LogP contribution >= 0.6 is 11.3 Å². The van der Waals surface area contributed by atoms with Crippen LogP contribution in [0.2, 0.25) is 0 Å². The summed E-state index contributed by atoms with van der Waals surface area (Å²) in [5.74, 6) is -0.892. The number of aliphatic hydroxyl groups excluding tert-OH is 1. The van der Waals surface area contributed by atoms with Crippen molar-refractivity contribution in [2.45, 2.75) is 124 Å². The number of hydrogen-bond donors (Lipinski definition) is 3. The summed E-state index contributed by atoms with van der Waals surface area (Å²) in [6.45, 7) is 14.7. The molecule has 1 saturated heterocycles. The lowest BCUT2D eigenvalue weighted by Gasteiger charge is -2.35. The third-order valence-electron chi connectivity index (χ3n) is 8.50. The van der Waals surface area contributed by atoms with Gasteiger partial charge >= 0.3 is 0 Å². The first-order valence-electron chi connectivity index (χ1n) is 16.4. The van der Waals surface area contributed by atoms with Crippen molar-refractivity contribution in [2.75, 3.05) is 13.1 Å². The largest absolute Gasteiger partial charge is 0.391 e. The number of nitrogens with zero attached hydrogens (tertiary/aromatic N) is 3. The van der Waals surface area contributed by atoms with Crippen LogP contribution in [0.4, 0.5) is 0 Å². The summed E-state index contributed by atoms with van der Waals surface area (Å²) in [6, 6.07) is 6.27. The number of β-amino-alcohol motifs (C(OH)–C–C–N with tert-alkyl or cyclic N) is 1. The molecule has 0 saturated carbocycles. The first kappa shape index (κ1) is 37.2. The van der Waals surface area contributed by atoms with Gasteiger partial charge < -0.3 is 25.5 Å². The Bertz CT molecular complexity index is 1310. The molecule has 2 aromatic rings. The zero-order valence-electron chi connectivity index (χ0n) is 28.6. The van der Waals surface area contributed by atoms with Gasteiger partial charge in [0.1, 0.15) is 12.1 Å². The number of carbonyl (C=O) groups excluding carboxylic acids is 4. The maximum absolute atomic E-state index is 13.8. The Morgan fingerprint density at radius 3 is 2.30 bits per heavy atom. The Morgan fingerprint density at radius 1 is 1.07 bits per heavy atom. The van der Waals surface area contributed by atoms with Crippen molar-refractivity contribution in [3.63, 3.8) is 0 Å². The van der Waals surface area contributed by atoms with Crippen LogP contribution in [0, 0.1) is 12.3 Å². The first-order chi connectivity index (χ1) is 21.6. The van der Waals surface area contributed by atoms with E-state index in [1.165, 1.54) is 4.90 Å². The third kappa shape index (κ3) is 10.6. The van der Waals surface area contributed by atoms with E-state index in [9.17, 15) is 24.3 Å². The number of aromatic nitrogens is 1. The quantitative estimate of drug-likeness (QED) is 0.186. The van der Waals surface area contributed by atoms with Crippen molar-refractivity contribution in [1.82, 2.24) is 25.4 Å². The van der Waals surface area contributed by atoms with E-state index in [0.717, 1.165) is 53.8 Å². The Kier molecular flexibility index (Phi) is 13.3. The minimum Gasteiger partial charge on any atom is -0.391 e. The van der Waals surface area contributed by atoms with Crippen molar-refractivity contribution >= 4 is 35.5 Å². The maximum atomic E-state index is 13.8. The van der Waals surface area contributed by atoms with Gasteiger partial charge in [-0.3, -0.25) is 19.2 Å². The normalized spacial score (nSPS) is 17.4. The summed E-state index contributed by atoms with van der Waals surface area (Å²) in [5.41, 5.74) is 4.00. The predicted octanol–water partition coefficient (Wildman–Crippen LogP) is 4.82. The fraction of sp³-hybridized carbons (Fsp3) is 0.629. The highest BCUT2D eigenvalue weighted by Crippen LogP contribution is 2.28. The molecule has 1 aromatic carbocycles. The molecule has 1 aliphatic rings. The van der Waals surface area contributed by atoms with E-state index in [4.69, 9.17) is 0 Å². The molecule has 0 spiro atoms. The molecular formula is C35H53N5O5S. The number of thiazole rings is 1. The van der Waals surface area contributed by atoms with Gasteiger partial charge in [0.15, 0.2) is 0 Å². The Balaban J connectivity index is 1.50. The lowest BCUT2D eigenvalue weighted by Crippen LogP contribution is -2.57. The highest BCUT2D eigenvalue weighted by molar-refractivity contribution is 7.13. The summed E-state index contributed by atoms with van der Waals surface area (Å²) in [4.78, 5) is 60.0. The number of aliphatic hydroxyl groups is 1. The van der Waals surface area contributed by atoms with Gasteiger partial charge in [-0.2, -0.15) is 0 Å². The van der Waals surface area contributed by atoms with Crippen molar-refractivity contribution < 1.29 is 24.3 Å². The van der Waals surface area contributed by atoms with Crippen LogP contribution in [0.3, 0.4) is 0 Å². The number of hydrogen-bond acceptors (Lipinski definition) is 7. The smallest absolute Gasteiger partial charge is 0.246 e. The third-order valence-corrected chi connectivity index (χ3v) is 9.48. The first-order valence-corrected chi connectivity index (χ1v) is 17.3. The van der Waals surface area contributed by atoms with Crippen molar-refractivity contribution in [2.24, 2.45) is 5.41 Å². The van der Waals surface area contributed by atoms with E-state index < -0.39 is 23.6 Å². The highest BCUT2D eigenvalue weighted by Gasteiger charge is 2.44. The number of nitrogens with one attached hydrogen (secondary N) is 2. The van der Waals surface area contributed by atoms with E-state index in [0.29, 0.717) is 25.9 Å². The summed E-state index contributed by atoms with van der Waals surface area (Å²) in [5, 5.41) is 16.3. The van der Waals surface area contributed by atoms with Crippen molar-refractivity contribution in [3.8, 4) is 10.4 Å². The number of benzene rings is 1. The van der Waals surface area contributed by atoms with Crippen LogP contribution in [0.25, 0.3) is 10.4 Å². The Labute approximate surface area is 278 Å². The molecule has 3 rings (SSSR count). The number of carbonyl (C=O) groups is 4. The molecule has 1 fully saturated rings. The van der Waals surface area contributed by atoms with E-state index in [1.807, 2.05) is 83.1 Å². The van der Waals surface area contributed by atoms with E-state index in [-0.39, 0.29) is 36.2 Å². The number of aryl methyl sites for hydroxylation is 1. The minimum absolute atomic E-state index is 0.0407. The van der Waals surface area contributed by atoms with Gasteiger partial charge in [-0.1, -0.05) is 64.3 Å². The Hall–Kier alpha value is -3.31. The van der Waals surface area contributed by atoms with Gasteiger partial charge in [-0.25, -0.2) is 4.98 Å². The summed E-state index contributed by atoms with van der Waals surface area (Å²) in [7, 11) is 0. The number of unbranched alkanes of at least 4 members (excludes halogenated alkanes) is 4. The standard InChI is InChI=1S/C35H53N5O5S/c1-24-30(46-22-37-24)26-16-14-25(15-17-26)20-36-32(44)28-19-27(42)21-40(28)33(45)31(34(2,3)4)38-29(43)13-11-9-8-10-12-18-39(23-41)35(5,6)7/h14-17,22-23,27-28,31,42H,8-13,18-21H2,1-7H3,(H,36,44)(H,38,43)/t27-,28+,31-/m1/s1. The van der Waals surface area contributed by atoms with Crippen LogP contribution in [-0.2, 0) is 25.7 Å². The lowest BCUT2D eigenvalue weighted by atomic mass is 9.85. The second-order valence-electron chi connectivity index (χ2n) is 14.4. The van der Waals surface area contributed by atoms with E-state index in [1.54, 1.807) is 11.3 Å². The Morgan fingerprint density at radius 2 is 1.72 bits per heavy atom. The SMILES string of the molecule is Cc1ncsc1-c1ccc(CNC(=O)[C@@H]2C[C@@H](O)CN2C(=O)[C@@H](NC(=O)CCCCCCCN(C=O)C(C)(C)C)C(C)(C)C)cc1. The molecule has 0 aliphatic carbocycles. The van der Waals surface area contributed by atoms with E-state index >= 15 is 0 Å². The lowest BCUT2D eigenvalue weighted by molar-refractivity contribution is -0.144. The van der Waals surface area contributed by atoms with Crippen LogP contribution in [0.15, 0.2) is 29.8 Å². The molecule has 10 nitrogen and oxygen atoms in total. The summed E-state index contributed by atoms with van der Waals surface area (Å²) < 4.78 is 0. The average Bonchev–Trinajstić information content (AvgIpc) is 3.60. The average molecular weight is 656 g/mol. The van der Waals surface area contributed by atoms with Crippen molar-refractivity contribution in [1.29, 1.82) is 0 Å². The second-order valence-corrected chi connectivity index (χ2v) is 15.3. The molecule has 0 radical (unpaired) electrons. The van der Waals surface area contributed by atoms with Gasteiger partial charge in [-0.15, -0.1) is 11.3 Å². The molecule has 1 aromatic heterocycles. The number of likely N-dealkylation sites (tertiary alicyclic amines) is 1. The molecule has 3 N–H and O–H groups in total. The van der Waals surface area contributed by atoms with Gasteiger partial charge in [0.25, 0.3) is 0 Å². The van der Waals surface area contributed by atoms with Crippen LogP contribution in [-0.4, -0.2) is 80.8 Å². The molecule has 0 unspecified atom stereocenters. The fourth-order valence-corrected chi connectivity index (χ4v) is 6.47. The highest BCUT2D eigenvalue weighted by atomic mass is 32.1. The molecule has 1 aliphatic heterocycles. The van der Waals surface area contributed by atoms with Gasteiger partial charge in [0.05, 0.1) is 22.2 Å². The monoisotopic (exact) mass is 655 g/mol. The topological polar surface area (TPSA) is 132 Å². The second kappa shape index (κ2) is 16.5. The van der Waals surface area contributed by atoms with Gasteiger partial charge in [0, 0.05) is 38.0 Å². The van der Waals surface area contributed by atoms with Crippen molar-refractivity contribution in [3.05, 3.63) is 41.0 Å². The molecule has 11 heteroatoms. The van der Waals surface area contributed by atoms with Crippen LogP contribution < -0.4 is 10.6 Å². The van der Waals surface area contributed by atoms with Crippen LogP contribution in [0.5, 0.6) is 0 Å². The zero-order chi connectivity index (χ0) is 34.1. The molecular weight excluding hydrogens is 602 g/mol. The van der Waals surface area contributed by atoms with Gasteiger partial charge in [0.2, 0.25) is 24.1 Å². The zero-order valence-corrected chi connectivity index (χ0v) is 29.4. The molecule has 4 amide bonds. The van der Waals surface area contributed by atoms with Crippen LogP contribution in [0.1, 0.15) is 97.7 Å². The molecule has 3 atom stereocenters. The minimum atomic E-state index is -0.838. The molecule has 2 heterocycles. The predicted molar refractivity (Wildman–Crippen MR) is 182 cm³/mol.